The summed E-state index contributed by atoms with van der Waals surface area (Å²) in [5.74, 6) is 7.02. The number of amides is 1. The van der Waals surface area contributed by atoms with Gasteiger partial charge in [0.05, 0.1) is 18.3 Å². The maximum absolute atomic E-state index is 11.1. The number of rotatable bonds is 3. The van der Waals surface area contributed by atoms with Gasteiger partial charge in [-0.25, -0.2) is 0 Å². The molecule has 0 aliphatic heterocycles. The second kappa shape index (κ2) is 7.24. The van der Waals surface area contributed by atoms with Gasteiger partial charge in [-0.3, -0.25) is 4.79 Å². The summed E-state index contributed by atoms with van der Waals surface area (Å²) in [6.07, 6.45) is 0. The molecule has 0 saturated carbocycles. The highest BCUT2D eigenvalue weighted by Crippen LogP contribution is 2.31. The quantitative estimate of drug-likeness (QED) is 0.711. The summed E-state index contributed by atoms with van der Waals surface area (Å²) < 4.78 is 7.40. The summed E-state index contributed by atoms with van der Waals surface area (Å²) in [6.45, 7) is 4.32. The minimum atomic E-state index is -0.0977. The predicted molar refractivity (Wildman–Crippen MR) is 105 cm³/mol. The van der Waals surface area contributed by atoms with Crippen LogP contribution in [0.5, 0.6) is 5.75 Å². The zero-order valence-corrected chi connectivity index (χ0v) is 15.1. The van der Waals surface area contributed by atoms with E-state index in [1.165, 1.54) is 6.92 Å². The van der Waals surface area contributed by atoms with Crippen LogP contribution in [-0.2, 0) is 11.3 Å². The van der Waals surface area contributed by atoms with Crippen molar-refractivity contribution in [2.24, 2.45) is 0 Å². The van der Waals surface area contributed by atoms with Crippen LogP contribution in [0.15, 0.2) is 42.5 Å². The molecule has 0 bridgehead atoms. The Bertz CT molecular complexity index is 1020. The predicted octanol–water partition coefficient (Wildman–Crippen LogP) is 3.61. The Morgan fingerprint density at radius 2 is 1.92 bits per heavy atom. The lowest BCUT2D eigenvalue weighted by molar-refractivity contribution is -0.114. The van der Waals surface area contributed by atoms with Crippen LogP contribution in [0.25, 0.3) is 10.9 Å². The normalized spacial score (nSPS) is 10.3. The molecule has 132 valence electrons. The molecule has 0 radical (unpaired) electrons. The van der Waals surface area contributed by atoms with E-state index in [0.29, 0.717) is 5.69 Å². The topological polar surface area (TPSA) is 69.3 Å². The fourth-order valence-electron chi connectivity index (χ4n) is 2.92. The first kappa shape index (κ1) is 17.4. The number of fused-ring (bicyclic) bond motifs is 1. The minimum Gasteiger partial charge on any atom is -0.497 e. The smallest absolute Gasteiger partial charge is 0.221 e. The lowest BCUT2D eigenvalue weighted by atomic mass is 10.2. The summed E-state index contributed by atoms with van der Waals surface area (Å²) in [4.78, 5) is 11.1. The average Bonchev–Trinajstić information content (AvgIpc) is 2.91. The molecule has 3 N–H and O–H groups in total. The number of carbonyl (C=O) groups is 1. The van der Waals surface area contributed by atoms with Crippen molar-refractivity contribution in [3.63, 3.8) is 0 Å². The van der Waals surface area contributed by atoms with Crippen molar-refractivity contribution in [2.75, 3.05) is 18.2 Å². The van der Waals surface area contributed by atoms with Crippen molar-refractivity contribution in [3.8, 4) is 17.6 Å². The van der Waals surface area contributed by atoms with Gasteiger partial charge in [0, 0.05) is 30.1 Å². The summed E-state index contributed by atoms with van der Waals surface area (Å²) in [5.41, 5.74) is 10.4. The van der Waals surface area contributed by atoms with Gasteiger partial charge in [0.25, 0.3) is 0 Å². The Balaban J connectivity index is 2.00. The van der Waals surface area contributed by atoms with Crippen LogP contribution in [0.4, 0.5) is 11.4 Å². The second-order valence-corrected chi connectivity index (χ2v) is 5.90. The number of nitrogens with two attached hydrogens (primary N) is 1. The number of benzene rings is 2. The van der Waals surface area contributed by atoms with E-state index >= 15 is 0 Å². The molecule has 3 aromatic rings. The highest BCUT2D eigenvalue weighted by atomic mass is 16.5. The van der Waals surface area contributed by atoms with Gasteiger partial charge in [0.2, 0.25) is 5.91 Å². The van der Waals surface area contributed by atoms with Gasteiger partial charge in [-0.2, -0.15) is 0 Å². The van der Waals surface area contributed by atoms with E-state index in [1.807, 2.05) is 42.5 Å². The molecule has 0 spiro atoms. The van der Waals surface area contributed by atoms with Gasteiger partial charge < -0.3 is 20.4 Å². The van der Waals surface area contributed by atoms with Crippen LogP contribution in [0.1, 0.15) is 25.1 Å². The van der Waals surface area contributed by atoms with Crippen molar-refractivity contribution in [3.05, 3.63) is 53.7 Å². The third kappa shape index (κ3) is 3.35. The number of carbonyl (C=O) groups excluding carboxylic acids is 1. The fourth-order valence-corrected chi connectivity index (χ4v) is 2.92. The lowest BCUT2D eigenvalue weighted by Gasteiger charge is -2.04. The Morgan fingerprint density at radius 1 is 1.19 bits per heavy atom. The maximum atomic E-state index is 11.1. The lowest BCUT2D eigenvalue weighted by Crippen LogP contribution is -2.05. The molecule has 5 heteroatoms. The number of nitrogens with zero attached hydrogens (tertiary/aromatic N) is 1. The maximum Gasteiger partial charge on any atom is 0.221 e. The van der Waals surface area contributed by atoms with Gasteiger partial charge in [0.1, 0.15) is 11.4 Å². The molecule has 2 aromatic carbocycles. The van der Waals surface area contributed by atoms with Gasteiger partial charge >= 0.3 is 0 Å². The molecule has 1 heterocycles. The van der Waals surface area contributed by atoms with Crippen LogP contribution >= 0.6 is 0 Å². The Kier molecular flexibility index (Phi) is 4.85. The van der Waals surface area contributed by atoms with E-state index in [-0.39, 0.29) is 5.91 Å². The van der Waals surface area contributed by atoms with E-state index in [2.05, 4.69) is 28.6 Å². The molecule has 0 fully saturated rings. The van der Waals surface area contributed by atoms with Crippen molar-refractivity contribution in [1.29, 1.82) is 0 Å². The molecule has 3 rings (SSSR count). The standard InChI is InChI=1S/C21H21N3O2/c1-4-24-19-12-10-17(26-3)13-18(19)21(22)20(24)11-7-15-5-8-16(9-6-15)23-14(2)25/h5-6,8-10,12-13H,4,22H2,1-3H3,(H,23,25). The van der Waals surface area contributed by atoms with Crippen LogP contribution in [-0.4, -0.2) is 17.6 Å². The van der Waals surface area contributed by atoms with Crippen molar-refractivity contribution in [2.45, 2.75) is 20.4 Å². The van der Waals surface area contributed by atoms with Crippen LogP contribution < -0.4 is 15.8 Å². The molecule has 5 nitrogen and oxygen atoms in total. The number of aryl methyl sites for hydroxylation is 1. The van der Waals surface area contributed by atoms with E-state index in [0.717, 1.165) is 40.1 Å². The van der Waals surface area contributed by atoms with Gasteiger partial charge in [-0.05, 0) is 55.3 Å². The first-order valence-electron chi connectivity index (χ1n) is 8.39. The number of hydrogen-bond donors (Lipinski definition) is 2. The molecule has 0 aliphatic carbocycles. The summed E-state index contributed by atoms with van der Waals surface area (Å²) in [7, 11) is 1.64. The second-order valence-electron chi connectivity index (χ2n) is 5.90. The Morgan fingerprint density at radius 3 is 2.54 bits per heavy atom. The van der Waals surface area contributed by atoms with Crippen LogP contribution in [0.3, 0.4) is 0 Å². The first-order chi connectivity index (χ1) is 12.5. The number of anilines is 2. The van der Waals surface area contributed by atoms with E-state index in [9.17, 15) is 4.79 Å². The van der Waals surface area contributed by atoms with Gasteiger partial charge in [0.15, 0.2) is 0 Å². The zero-order valence-electron chi connectivity index (χ0n) is 15.1. The van der Waals surface area contributed by atoms with E-state index < -0.39 is 0 Å². The largest absolute Gasteiger partial charge is 0.497 e. The number of methoxy groups -OCH3 is 1. The molecule has 0 unspecified atom stereocenters. The SMILES string of the molecule is CCn1c(C#Cc2ccc(NC(C)=O)cc2)c(N)c2cc(OC)ccc21. The fraction of sp³-hybridized carbons (Fsp3) is 0.190. The molecule has 1 aromatic heterocycles. The molecule has 0 saturated heterocycles. The molecule has 26 heavy (non-hydrogen) atoms. The summed E-state index contributed by atoms with van der Waals surface area (Å²) in [6, 6.07) is 13.3. The van der Waals surface area contributed by atoms with E-state index in [1.54, 1.807) is 7.11 Å². The zero-order chi connectivity index (χ0) is 18.7. The first-order valence-corrected chi connectivity index (χ1v) is 8.39. The highest BCUT2D eigenvalue weighted by Gasteiger charge is 2.13. The molecule has 1 amide bonds. The number of nitrogens with one attached hydrogen (secondary N) is 1. The van der Waals surface area contributed by atoms with Gasteiger partial charge in [-0.1, -0.05) is 5.92 Å². The number of hydrogen-bond acceptors (Lipinski definition) is 3. The van der Waals surface area contributed by atoms with Crippen molar-refractivity contribution < 1.29 is 9.53 Å². The minimum absolute atomic E-state index is 0.0977. The number of aromatic nitrogens is 1. The molecular weight excluding hydrogens is 326 g/mol. The molecular formula is C21H21N3O2. The monoisotopic (exact) mass is 347 g/mol. The third-order valence-electron chi connectivity index (χ3n) is 4.16. The summed E-state index contributed by atoms with van der Waals surface area (Å²) in [5, 5.41) is 3.68. The Labute approximate surface area is 152 Å². The van der Waals surface area contributed by atoms with Crippen LogP contribution in [0.2, 0.25) is 0 Å². The molecule has 0 aliphatic rings. The highest BCUT2D eigenvalue weighted by molar-refractivity contribution is 5.96. The number of ether oxygens (including phenoxy) is 1. The third-order valence-corrected chi connectivity index (χ3v) is 4.16. The van der Waals surface area contributed by atoms with Crippen molar-refractivity contribution >= 4 is 28.2 Å². The van der Waals surface area contributed by atoms with Crippen LogP contribution in [0, 0.1) is 11.8 Å². The number of nitrogen functional groups attached to an aromatic ring is 1. The van der Waals surface area contributed by atoms with Gasteiger partial charge in [-0.15, -0.1) is 0 Å². The molecule has 0 atom stereocenters. The van der Waals surface area contributed by atoms with E-state index in [4.69, 9.17) is 10.5 Å². The summed E-state index contributed by atoms with van der Waals surface area (Å²) >= 11 is 0. The average molecular weight is 347 g/mol. The van der Waals surface area contributed by atoms with Crippen molar-refractivity contribution in [1.82, 2.24) is 4.57 Å². The Hall–Kier alpha value is -3.39.